The highest BCUT2D eigenvalue weighted by atomic mass is 16.5. The molecule has 0 aliphatic heterocycles. The summed E-state index contributed by atoms with van der Waals surface area (Å²) >= 11 is 0. The highest BCUT2D eigenvalue weighted by Gasteiger charge is 2.18. The van der Waals surface area contributed by atoms with E-state index in [2.05, 4.69) is 25.3 Å². The van der Waals surface area contributed by atoms with Crippen molar-refractivity contribution in [2.45, 2.75) is 26.3 Å². The molecule has 2 unspecified atom stereocenters. The molecule has 102 valence electrons. The molecule has 0 aliphatic carbocycles. The van der Waals surface area contributed by atoms with E-state index in [1.165, 1.54) is 5.56 Å². The Morgan fingerprint density at radius 1 is 1.33 bits per heavy atom. The maximum atomic E-state index is 5.68. The lowest BCUT2D eigenvalue weighted by atomic mass is 9.95. The molecule has 2 atom stereocenters. The molecule has 0 heterocycles. The number of ether oxygens (including phenoxy) is 2. The molecule has 18 heavy (non-hydrogen) atoms. The first kappa shape index (κ1) is 15.0. The Bertz CT molecular complexity index is 369. The normalized spacial score (nSPS) is 14.3. The second kappa shape index (κ2) is 7.36. The number of nitrogens with two attached hydrogens (primary N) is 1. The van der Waals surface area contributed by atoms with Gasteiger partial charge in [0.2, 0.25) is 0 Å². The van der Waals surface area contributed by atoms with Crippen LogP contribution < -0.4 is 16.0 Å². The van der Waals surface area contributed by atoms with Crippen LogP contribution in [0.15, 0.2) is 18.2 Å². The summed E-state index contributed by atoms with van der Waals surface area (Å²) < 4.78 is 10.6. The van der Waals surface area contributed by atoms with Crippen LogP contribution in [0, 0.1) is 12.8 Å². The summed E-state index contributed by atoms with van der Waals surface area (Å²) in [6.07, 6.45) is 0.907. The molecule has 0 radical (unpaired) electrons. The lowest BCUT2D eigenvalue weighted by Crippen LogP contribution is -2.30. The number of aryl methyl sites for hydroxylation is 1. The summed E-state index contributed by atoms with van der Waals surface area (Å²) in [5.41, 5.74) is 5.17. The lowest BCUT2D eigenvalue weighted by molar-refractivity contribution is 0.149. The fraction of sp³-hybridized carbons (Fsp3) is 0.571. The molecule has 4 nitrogen and oxygen atoms in total. The van der Waals surface area contributed by atoms with Crippen molar-refractivity contribution in [1.82, 2.24) is 5.43 Å². The van der Waals surface area contributed by atoms with E-state index < -0.39 is 0 Å². The molecule has 0 bridgehead atoms. The third-order valence-electron chi connectivity index (χ3n) is 3.05. The zero-order chi connectivity index (χ0) is 13.5. The van der Waals surface area contributed by atoms with E-state index in [1.807, 2.05) is 12.1 Å². The smallest absolute Gasteiger partial charge is 0.123 e. The number of nitrogens with one attached hydrogen (secondary N) is 1. The molecule has 1 rings (SSSR count). The van der Waals surface area contributed by atoms with Gasteiger partial charge in [0.05, 0.1) is 7.11 Å². The standard InChI is InChI=1S/C14H24N2O2/c1-10-5-6-14(18-4)12(7-10)13(16-15)8-11(2)9-17-3/h5-7,11,13,16H,8-9,15H2,1-4H3. The molecule has 0 saturated heterocycles. The third-order valence-corrected chi connectivity index (χ3v) is 3.05. The minimum absolute atomic E-state index is 0.0741. The van der Waals surface area contributed by atoms with Gasteiger partial charge in [-0.3, -0.25) is 11.3 Å². The van der Waals surface area contributed by atoms with E-state index in [0.717, 1.165) is 24.3 Å². The van der Waals surface area contributed by atoms with Gasteiger partial charge in [-0.1, -0.05) is 24.6 Å². The topological polar surface area (TPSA) is 56.5 Å². The maximum absolute atomic E-state index is 5.68. The van der Waals surface area contributed by atoms with Crippen LogP contribution in [0.2, 0.25) is 0 Å². The summed E-state index contributed by atoms with van der Waals surface area (Å²) in [6, 6.07) is 6.21. The Morgan fingerprint density at radius 2 is 2.06 bits per heavy atom. The first-order valence-corrected chi connectivity index (χ1v) is 6.22. The van der Waals surface area contributed by atoms with Crippen LogP contribution in [-0.4, -0.2) is 20.8 Å². The number of hydrogen-bond donors (Lipinski definition) is 2. The highest BCUT2D eigenvalue weighted by Crippen LogP contribution is 2.29. The van der Waals surface area contributed by atoms with E-state index >= 15 is 0 Å². The van der Waals surface area contributed by atoms with Crippen molar-refractivity contribution in [3.05, 3.63) is 29.3 Å². The van der Waals surface area contributed by atoms with Crippen molar-refractivity contribution in [1.29, 1.82) is 0 Å². The molecule has 0 amide bonds. The Labute approximate surface area is 109 Å². The Hall–Kier alpha value is -1.10. The lowest BCUT2D eigenvalue weighted by Gasteiger charge is -2.22. The van der Waals surface area contributed by atoms with Crippen LogP contribution in [-0.2, 0) is 4.74 Å². The Kier molecular flexibility index (Phi) is 6.12. The number of benzene rings is 1. The zero-order valence-electron chi connectivity index (χ0n) is 11.7. The molecular formula is C14H24N2O2. The van der Waals surface area contributed by atoms with Gasteiger partial charge in [0.1, 0.15) is 5.75 Å². The van der Waals surface area contributed by atoms with Gasteiger partial charge in [-0.05, 0) is 25.3 Å². The van der Waals surface area contributed by atoms with Crippen LogP contribution >= 0.6 is 0 Å². The second-order valence-electron chi connectivity index (χ2n) is 4.76. The van der Waals surface area contributed by atoms with Crippen LogP contribution in [0.5, 0.6) is 5.75 Å². The van der Waals surface area contributed by atoms with E-state index in [4.69, 9.17) is 15.3 Å². The van der Waals surface area contributed by atoms with Crippen LogP contribution in [0.1, 0.15) is 30.5 Å². The van der Waals surface area contributed by atoms with E-state index in [9.17, 15) is 0 Å². The van der Waals surface area contributed by atoms with Crippen molar-refractivity contribution < 1.29 is 9.47 Å². The summed E-state index contributed by atoms with van der Waals surface area (Å²) in [4.78, 5) is 0. The van der Waals surface area contributed by atoms with Gasteiger partial charge >= 0.3 is 0 Å². The van der Waals surface area contributed by atoms with Crippen molar-refractivity contribution in [2.24, 2.45) is 11.8 Å². The predicted octanol–water partition coefficient (Wildman–Crippen LogP) is 2.18. The maximum Gasteiger partial charge on any atom is 0.123 e. The fourth-order valence-corrected chi connectivity index (χ4v) is 2.17. The molecule has 0 saturated carbocycles. The van der Waals surface area contributed by atoms with Gasteiger partial charge in [0, 0.05) is 25.3 Å². The molecule has 0 spiro atoms. The monoisotopic (exact) mass is 252 g/mol. The van der Waals surface area contributed by atoms with Gasteiger partial charge in [0.15, 0.2) is 0 Å². The quantitative estimate of drug-likeness (QED) is 0.577. The molecule has 4 heteroatoms. The number of rotatable bonds is 7. The third kappa shape index (κ3) is 3.98. The SMILES string of the molecule is COCC(C)CC(NN)c1cc(C)ccc1OC. The second-order valence-corrected chi connectivity index (χ2v) is 4.76. The van der Waals surface area contributed by atoms with E-state index in [1.54, 1.807) is 14.2 Å². The number of hydrazine groups is 1. The number of methoxy groups -OCH3 is 2. The van der Waals surface area contributed by atoms with Gasteiger partial charge in [-0.25, -0.2) is 0 Å². The van der Waals surface area contributed by atoms with Crippen molar-refractivity contribution in [2.75, 3.05) is 20.8 Å². The van der Waals surface area contributed by atoms with Crippen molar-refractivity contribution >= 4 is 0 Å². The minimum atomic E-state index is 0.0741. The highest BCUT2D eigenvalue weighted by molar-refractivity contribution is 5.39. The molecule has 1 aromatic carbocycles. The van der Waals surface area contributed by atoms with Gasteiger partial charge in [-0.15, -0.1) is 0 Å². The first-order chi connectivity index (χ1) is 8.62. The largest absolute Gasteiger partial charge is 0.496 e. The van der Waals surface area contributed by atoms with E-state index in [0.29, 0.717) is 5.92 Å². The summed E-state index contributed by atoms with van der Waals surface area (Å²) in [7, 11) is 3.40. The average Bonchev–Trinajstić information content (AvgIpc) is 2.36. The summed E-state index contributed by atoms with van der Waals surface area (Å²) in [6.45, 7) is 4.94. The van der Waals surface area contributed by atoms with Gasteiger partial charge in [-0.2, -0.15) is 0 Å². The molecule has 1 aromatic rings. The molecule has 3 N–H and O–H groups in total. The molecule has 0 aliphatic rings. The predicted molar refractivity (Wildman–Crippen MR) is 73.5 cm³/mol. The fourth-order valence-electron chi connectivity index (χ4n) is 2.17. The zero-order valence-corrected chi connectivity index (χ0v) is 11.7. The molecule has 0 fully saturated rings. The summed E-state index contributed by atoms with van der Waals surface area (Å²) in [5, 5.41) is 0. The van der Waals surface area contributed by atoms with Gasteiger partial charge in [0.25, 0.3) is 0 Å². The van der Waals surface area contributed by atoms with Crippen LogP contribution in [0.3, 0.4) is 0 Å². The van der Waals surface area contributed by atoms with E-state index in [-0.39, 0.29) is 6.04 Å². The Morgan fingerprint density at radius 3 is 2.61 bits per heavy atom. The molecular weight excluding hydrogens is 228 g/mol. The average molecular weight is 252 g/mol. The van der Waals surface area contributed by atoms with Crippen LogP contribution in [0.4, 0.5) is 0 Å². The van der Waals surface area contributed by atoms with Crippen LogP contribution in [0.25, 0.3) is 0 Å². The first-order valence-electron chi connectivity index (χ1n) is 6.22. The minimum Gasteiger partial charge on any atom is -0.496 e. The molecule has 0 aromatic heterocycles. The van der Waals surface area contributed by atoms with Crippen molar-refractivity contribution in [3.8, 4) is 5.75 Å². The Balaban J connectivity index is 2.89. The van der Waals surface area contributed by atoms with Gasteiger partial charge < -0.3 is 9.47 Å². The summed E-state index contributed by atoms with van der Waals surface area (Å²) in [5.74, 6) is 6.98. The number of hydrogen-bond acceptors (Lipinski definition) is 4. The van der Waals surface area contributed by atoms with Crippen molar-refractivity contribution in [3.63, 3.8) is 0 Å².